The van der Waals surface area contributed by atoms with Gasteiger partial charge >= 0.3 is 6.03 Å². The first kappa shape index (κ1) is 32.0. The van der Waals surface area contributed by atoms with Crippen LogP contribution in [0.2, 0.25) is 0 Å². The number of hydrogen-bond acceptors (Lipinski definition) is 7. The van der Waals surface area contributed by atoms with Gasteiger partial charge in [0.1, 0.15) is 11.4 Å². The fourth-order valence-electron chi connectivity index (χ4n) is 5.06. The minimum Gasteiger partial charge on any atom is -0.438 e. The number of nitrogens with two attached hydrogens (primary N) is 1. The number of amidine groups is 1. The van der Waals surface area contributed by atoms with E-state index >= 15 is 4.39 Å². The maximum absolute atomic E-state index is 15.0. The minimum atomic E-state index is -0.799. The molecule has 1 aromatic heterocycles. The van der Waals surface area contributed by atoms with Gasteiger partial charge in [-0.3, -0.25) is 24.6 Å². The Morgan fingerprint density at radius 3 is 2.55 bits per heavy atom. The third-order valence-corrected chi connectivity index (χ3v) is 7.41. The second-order valence-electron chi connectivity index (χ2n) is 10.7. The minimum absolute atomic E-state index is 0.0326. The first-order valence-corrected chi connectivity index (χ1v) is 14.4. The van der Waals surface area contributed by atoms with Gasteiger partial charge in [0.15, 0.2) is 17.4 Å². The SMILES string of the molecule is CCCn1c(C)c(C(=O)Nc2ccc(OC(N)=CC(=NC)NC(=O)N3CC[C@@H](N(C)C)C3)c(F)c2)c(=O)n1-c1ccccc1. The monoisotopic (exact) mass is 606 g/mol. The number of anilines is 1. The molecule has 3 aromatic rings. The van der Waals surface area contributed by atoms with Crippen LogP contribution >= 0.6 is 0 Å². The first-order chi connectivity index (χ1) is 21.0. The molecule has 1 saturated heterocycles. The molecule has 2 aromatic carbocycles. The molecule has 0 unspecified atom stereocenters. The van der Waals surface area contributed by atoms with Gasteiger partial charge in [-0.2, -0.15) is 0 Å². The highest BCUT2D eigenvalue weighted by molar-refractivity contribution is 6.05. The van der Waals surface area contributed by atoms with E-state index in [4.69, 9.17) is 10.5 Å². The van der Waals surface area contributed by atoms with Crippen LogP contribution in [0.4, 0.5) is 14.9 Å². The topological polar surface area (TPSA) is 139 Å². The summed E-state index contributed by atoms with van der Waals surface area (Å²) in [7, 11) is 5.43. The van der Waals surface area contributed by atoms with Crippen molar-refractivity contribution < 1.29 is 18.7 Å². The van der Waals surface area contributed by atoms with Crippen LogP contribution < -0.4 is 26.7 Å². The predicted molar refractivity (Wildman–Crippen MR) is 168 cm³/mol. The number of carbonyl (C=O) groups excluding carboxylic acids is 2. The van der Waals surface area contributed by atoms with E-state index in [-0.39, 0.29) is 40.8 Å². The average molecular weight is 607 g/mol. The van der Waals surface area contributed by atoms with Crippen LogP contribution in [0.1, 0.15) is 35.8 Å². The van der Waals surface area contributed by atoms with Crippen molar-refractivity contribution >= 4 is 23.5 Å². The van der Waals surface area contributed by atoms with Gasteiger partial charge < -0.3 is 25.6 Å². The maximum Gasteiger partial charge on any atom is 0.323 e. The van der Waals surface area contributed by atoms with Crippen molar-refractivity contribution in [1.82, 2.24) is 24.5 Å². The Morgan fingerprint density at radius 2 is 1.93 bits per heavy atom. The number of aliphatic imine (C=N–C) groups is 1. The summed E-state index contributed by atoms with van der Waals surface area (Å²) < 4.78 is 23.7. The number of para-hydroxylation sites is 1. The molecule has 234 valence electrons. The van der Waals surface area contributed by atoms with Crippen LogP contribution in [0.25, 0.3) is 5.69 Å². The molecule has 1 aliphatic rings. The van der Waals surface area contributed by atoms with E-state index in [1.54, 1.807) is 28.6 Å². The highest BCUT2D eigenvalue weighted by Gasteiger charge is 2.28. The van der Waals surface area contributed by atoms with Gasteiger partial charge in [-0.1, -0.05) is 25.1 Å². The number of benzene rings is 2. The first-order valence-electron chi connectivity index (χ1n) is 14.4. The summed E-state index contributed by atoms with van der Waals surface area (Å²) in [4.78, 5) is 47.1. The van der Waals surface area contributed by atoms with Gasteiger partial charge in [0, 0.05) is 50.6 Å². The summed E-state index contributed by atoms with van der Waals surface area (Å²) in [6.45, 7) is 5.42. The summed E-state index contributed by atoms with van der Waals surface area (Å²) in [5, 5.41) is 5.30. The molecular formula is C31H39FN8O4. The standard InChI is InChI=1S/C31H39FN8O4/c1-6-15-39-20(2)28(30(42)40(39)22-10-8-7-9-11-22)29(41)35-21-12-13-25(24(32)17-21)44-26(33)18-27(34-3)36-31(43)38-16-14-23(19-38)37(4)5/h7-13,17-18,23H,6,14-16,19,33H2,1-5H3,(H,35,41)(H,34,36,43)/t23-/m1/s1. The molecule has 0 radical (unpaired) electrons. The number of aromatic nitrogens is 2. The van der Waals surface area contributed by atoms with Gasteiger partial charge in [0.25, 0.3) is 11.5 Å². The van der Waals surface area contributed by atoms with Gasteiger partial charge in [0.2, 0.25) is 0 Å². The zero-order valence-electron chi connectivity index (χ0n) is 25.6. The number of likely N-dealkylation sites (tertiary alicyclic amines) is 1. The number of urea groups is 1. The highest BCUT2D eigenvalue weighted by Crippen LogP contribution is 2.23. The number of amides is 3. The van der Waals surface area contributed by atoms with Crippen molar-refractivity contribution in [2.45, 2.75) is 39.3 Å². The predicted octanol–water partition coefficient (Wildman–Crippen LogP) is 3.30. The number of hydrogen-bond donors (Lipinski definition) is 3. The van der Waals surface area contributed by atoms with Crippen molar-refractivity contribution in [2.75, 3.05) is 39.5 Å². The zero-order valence-corrected chi connectivity index (χ0v) is 25.6. The van der Waals surface area contributed by atoms with Crippen LogP contribution in [0, 0.1) is 12.7 Å². The average Bonchev–Trinajstić information content (AvgIpc) is 3.58. The Bertz CT molecular complexity index is 1630. The van der Waals surface area contributed by atoms with Crippen LogP contribution in [0.5, 0.6) is 5.75 Å². The van der Waals surface area contributed by atoms with E-state index in [1.807, 2.05) is 39.2 Å². The van der Waals surface area contributed by atoms with E-state index in [1.165, 1.54) is 29.9 Å². The number of halogens is 1. The largest absolute Gasteiger partial charge is 0.438 e. The zero-order chi connectivity index (χ0) is 32.0. The summed E-state index contributed by atoms with van der Waals surface area (Å²) in [5.74, 6) is -1.72. The van der Waals surface area contributed by atoms with Crippen LogP contribution in [0.3, 0.4) is 0 Å². The van der Waals surface area contributed by atoms with E-state index in [0.717, 1.165) is 18.9 Å². The van der Waals surface area contributed by atoms with Gasteiger partial charge in [0.05, 0.1) is 11.4 Å². The van der Waals surface area contributed by atoms with Crippen LogP contribution in [0.15, 0.2) is 70.3 Å². The third kappa shape index (κ3) is 7.17. The highest BCUT2D eigenvalue weighted by atomic mass is 19.1. The molecule has 0 saturated carbocycles. The second-order valence-corrected chi connectivity index (χ2v) is 10.7. The van der Waals surface area contributed by atoms with Gasteiger partial charge in [-0.05, 0) is 58.1 Å². The lowest BCUT2D eigenvalue weighted by atomic mass is 10.2. The van der Waals surface area contributed by atoms with Crippen molar-refractivity contribution in [3.63, 3.8) is 0 Å². The third-order valence-electron chi connectivity index (χ3n) is 7.41. The maximum atomic E-state index is 15.0. The van der Waals surface area contributed by atoms with E-state index in [9.17, 15) is 14.4 Å². The summed E-state index contributed by atoms with van der Waals surface area (Å²) in [5.41, 5.74) is 6.73. The molecule has 44 heavy (non-hydrogen) atoms. The van der Waals surface area contributed by atoms with Crippen molar-refractivity contribution in [3.8, 4) is 11.4 Å². The summed E-state index contributed by atoms with van der Waals surface area (Å²) in [6.07, 6.45) is 2.90. The van der Waals surface area contributed by atoms with E-state index < -0.39 is 17.3 Å². The number of ether oxygens (including phenoxy) is 1. The normalized spacial score (nSPS) is 15.5. The molecule has 3 amide bonds. The lowest BCUT2D eigenvalue weighted by Gasteiger charge is -2.20. The molecule has 4 N–H and O–H groups in total. The fraction of sp³-hybridized carbons (Fsp3) is 0.355. The molecule has 0 bridgehead atoms. The Kier molecular flexibility index (Phi) is 10.2. The molecule has 12 nitrogen and oxygen atoms in total. The molecule has 0 spiro atoms. The Hall–Kier alpha value is -4.91. The van der Waals surface area contributed by atoms with Gasteiger partial charge in [-0.15, -0.1) is 0 Å². The number of rotatable bonds is 9. The second kappa shape index (κ2) is 14.0. The number of nitrogens with zero attached hydrogens (tertiary/aromatic N) is 5. The van der Waals surface area contributed by atoms with Crippen molar-refractivity contribution in [3.05, 3.63) is 87.9 Å². The lowest BCUT2D eigenvalue weighted by molar-refractivity contribution is 0.102. The molecular weight excluding hydrogens is 567 g/mol. The number of carbonyl (C=O) groups is 2. The summed E-state index contributed by atoms with van der Waals surface area (Å²) in [6, 6.07) is 12.8. The Morgan fingerprint density at radius 1 is 1.20 bits per heavy atom. The number of nitrogens with one attached hydrogen (secondary N) is 2. The van der Waals surface area contributed by atoms with E-state index in [0.29, 0.717) is 31.0 Å². The van der Waals surface area contributed by atoms with Gasteiger partial charge in [-0.25, -0.2) is 13.9 Å². The Balaban J connectivity index is 1.45. The van der Waals surface area contributed by atoms with Crippen LogP contribution in [-0.4, -0.2) is 77.2 Å². The quantitative estimate of drug-likeness (QED) is 0.194. The molecule has 1 atom stereocenters. The molecule has 2 heterocycles. The molecule has 13 heteroatoms. The number of likely N-dealkylation sites (N-methyl/N-ethyl adjacent to an activating group) is 1. The summed E-state index contributed by atoms with van der Waals surface area (Å²) >= 11 is 0. The Labute approximate surface area is 255 Å². The lowest BCUT2D eigenvalue weighted by Crippen LogP contribution is -2.43. The van der Waals surface area contributed by atoms with Crippen molar-refractivity contribution in [2.24, 2.45) is 10.7 Å². The molecule has 0 aliphatic carbocycles. The van der Waals surface area contributed by atoms with Crippen molar-refractivity contribution in [1.29, 1.82) is 0 Å². The molecule has 1 aliphatic heterocycles. The van der Waals surface area contributed by atoms with Crippen LogP contribution in [-0.2, 0) is 6.54 Å². The molecule has 1 fully saturated rings. The fourth-order valence-corrected chi connectivity index (χ4v) is 5.06. The smallest absolute Gasteiger partial charge is 0.323 e. The van der Waals surface area contributed by atoms with E-state index in [2.05, 4.69) is 20.5 Å². The molecule has 4 rings (SSSR count).